The third-order valence-corrected chi connectivity index (χ3v) is 4.37. The minimum atomic E-state index is 0.840. The number of rotatable bonds is 4. The van der Waals surface area contributed by atoms with Crippen molar-refractivity contribution in [3.63, 3.8) is 0 Å². The van der Waals surface area contributed by atoms with Crippen molar-refractivity contribution < 1.29 is 0 Å². The van der Waals surface area contributed by atoms with Crippen LogP contribution in [0.15, 0.2) is 40.2 Å². The standard InChI is InChI=1S/C13H12BrN3S/c14-12-6-5-9(18-12)7-8-15-13-16-10-3-1-2-4-11(10)17-13/h1-6H,7-8H2,(H2,15,16,17). The van der Waals surface area contributed by atoms with E-state index in [0.29, 0.717) is 0 Å². The lowest BCUT2D eigenvalue weighted by Gasteiger charge is -2.00. The van der Waals surface area contributed by atoms with Gasteiger partial charge in [-0.1, -0.05) is 12.1 Å². The molecule has 3 rings (SSSR count). The topological polar surface area (TPSA) is 40.7 Å². The van der Waals surface area contributed by atoms with Crippen molar-refractivity contribution in [2.45, 2.75) is 6.42 Å². The molecule has 92 valence electrons. The van der Waals surface area contributed by atoms with E-state index >= 15 is 0 Å². The van der Waals surface area contributed by atoms with Gasteiger partial charge in [-0.2, -0.15) is 0 Å². The van der Waals surface area contributed by atoms with Gasteiger partial charge in [0.15, 0.2) is 0 Å². The van der Waals surface area contributed by atoms with Crippen LogP contribution in [-0.4, -0.2) is 16.5 Å². The first-order valence-electron chi connectivity index (χ1n) is 5.74. The number of fused-ring (bicyclic) bond motifs is 1. The summed E-state index contributed by atoms with van der Waals surface area (Å²) in [6.45, 7) is 0.882. The zero-order valence-electron chi connectivity index (χ0n) is 9.61. The largest absolute Gasteiger partial charge is 0.355 e. The summed E-state index contributed by atoms with van der Waals surface area (Å²) in [5, 5.41) is 3.32. The first-order chi connectivity index (χ1) is 8.81. The maximum Gasteiger partial charge on any atom is 0.201 e. The Balaban J connectivity index is 1.62. The number of hydrogen-bond acceptors (Lipinski definition) is 3. The molecule has 0 saturated carbocycles. The second kappa shape index (κ2) is 5.12. The SMILES string of the molecule is Brc1ccc(CCNc2nc3ccccc3[nH]2)s1. The van der Waals surface area contributed by atoms with E-state index in [4.69, 9.17) is 0 Å². The molecule has 0 aliphatic carbocycles. The van der Waals surface area contributed by atoms with Gasteiger partial charge in [0.1, 0.15) is 0 Å². The third kappa shape index (κ3) is 2.57. The quantitative estimate of drug-likeness (QED) is 0.761. The summed E-state index contributed by atoms with van der Waals surface area (Å²) in [4.78, 5) is 9.10. The molecule has 0 aliphatic rings. The van der Waals surface area contributed by atoms with E-state index in [1.165, 1.54) is 8.66 Å². The van der Waals surface area contributed by atoms with E-state index in [-0.39, 0.29) is 0 Å². The van der Waals surface area contributed by atoms with E-state index in [9.17, 15) is 0 Å². The van der Waals surface area contributed by atoms with Crippen LogP contribution in [0.25, 0.3) is 11.0 Å². The van der Waals surface area contributed by atoms with Gasteiger partial charge in [0.2, 0.25) is 5.95 Å². The number of nitrogens with zero attached hydrogens (tertiary/aromatic N) is 1. The van der Waals surface area contributed by atoms with Crippen molar-refractivity contribution in [2.24, 2.45) is 0 Å². The summed E-state index contributed by atoms with van der Waals surface area (Å²) in [6, 6.07) is 12.3. The first-order valence-corrected chi connectivity index (χ1v) is 7.35. The maximum atomic E-state index is 4.48. The number of halogens is 1. The van der Waals surface area contributed by atoms with Crippen LogP contribution in [0.1, 0.15) is 4.88 Å². The van der Waals surface area contributed by atoms with E-state index in [1.54, 1.807) is 11.3 Å². The molecule has 18 heavy (non-hydrogen) atoms. The Kier molecular flexibility index (Phi) is 3.34. The van der Waals surface area contributed by atoms with Crippen LogP contribution in [0.2, 0.25) is 0 Å². The van der Waals surface area contributed by atoms with Crippen molar-refractivity contribution in [3.8, 4) is 0 Å². The lowest BCUT2D eigenvalue weighted by molar-refractivity contribution is 1.02. The highest BCUT2D eigenvalue weighted by Crippen LogP contribution is 2.22. The van der Waals surface area contributed by atoms with Gasteiger partial charge in [-0.05, 0) is 46.6 Å². The van der Waals surface area contributed by atoms with Crippen LogP contribution in [0, 0.1) is 0 Å². The normalized spacial score (nSPS) is 10.9. The predicted octanol–water partition coefficient (Wildman–Crippen LogP) is 4.04. The molecule has 0 radical (unpaired) electrons. The average Bonchev–Trinajstić information content (AvgIpc) is 2.95. The van der Waals surface area contributed by atoms with E-state index in [0.717, 1.165) is 29.9 Å². The second-order valence-electron chi connectivity index (χ2n) is 3.99. The molecular weight excluding hydrogens is 310 g/mol. The van der Waals surface area contributed by atoms with Gasteiger partial charge >= 0.3 is 0 Å². The number of thiophene rings is 1. The summed E-state index contributed by atoms with van der Waals surface area (Å²) in [6.07, 6.45) is 1.01. The Morgan fingerprint density at radius 1 is 1.22 bits per heavy atom. The van der Waals surface area contributed by atoms with Crippen LogP contribution in [0.4, 0.5) is 5.95 Å². The smallest absolute Gasteiger partial charge is 0.201 e. The fourth-order valence-electron chi connectivity index (χ4n) is 1.83. The van der Waals surface area contributed by atoms with Crippen LogP contribution in [0.3, 0.4) is 0 Å². The minimum absolute atomic E-state index is 0.840. The van der Waals surface area contributed by atoms with Gasteiger partial charge in [0.25, 0.3) is 0 Å². The summed E-state index contributed by atoms with van der Waals surface area (Å²) in [5.41, 5.74) is 2.07. The van der Waals surface area contributed by atoms with Crippen molar-refractivity contribution in [1.82, 2.24) is 9.97 Å². The number of aromatic amines is 1. The highest BCUT2D eigenvalue weighted by atomic mass is 79.9. The predicted molar refractivity (Wildman–Crippen MR) is 80.3 cm³/mol. The van der Waals surface area contributed by atoms with Gasteiger partial charge in [-0.15, -0.1) is 11.3 Å². The Hall–Kier alpha value is -1.33. The molecule has 2 N–H and O–H groups in total. The number of aromatic nitrogens is 2. The zero-order valence-corrected chi connectivity index (χ0v) is 12.0. The van der Waals surface area contributed by atoms with Crippen LogP contribution in [-0.2, 0) is 6.42 Å². The van der Waals surface area contributed by atoms with Gasteiger partial charge in [0.05, 0.1) is 14.8 Å². The second-order valence-corrected chi connectivity index (χ2v) is 6.53. The molecule has 1 aromatic carbocycles. The summed E-state index contributed by atoms with van der Waals surface area (Å²) in [5.74, 6) is 0.840. The number of H-pyrrole nitrogens is 1. The summed E-state index contributed by atoms with van der Waals surface area (Å²) < 4.78 is 1.18. The molecule has 3 aromatic rings. The molecule has 5 heteroatoms. The van der Waals surface area contributed by atoms with E-state index < -0.39 is 0 Å². The lowest BCUT2D eigenvalue weighted by atomic mass is 10.3. The Bertz CT molecular complexity index is 626. The Morgan fingerprint density at radius 2 is 2.11 bits per heavy atom. The molecule has 0 unspecified atom stereocenters. The molecule has 2 aromatic heterocycles. The first kappa shape index (κ1) is 11.7. The van der Waals surface area contributed by atoms with Crippen LogP contribution in [0.5, 0.6) is 0 Å². The van der Waals surface area contributed by atoms with E-state index in [2.05, 4.69) is 43.3 Å². The van der Waals surface area contributed by atoms with Gasteiger partial charge in [-0.25, -0.2) is 4.98 Å². The molecular formula is C13H12BrN3S. The number of imidazole rings is 1. The zero-order chi connectivity index (χ0) is 12.4. The molecule has 2 heterocycles. The van der Waals surface area contributed by atoms with Crippen molar-refractivity contribution in [2.75, 3.05) is 11.9 Å². The highest BCUT2D eigenvalue weighted by molar-refractivity contribution is 9.11. The van der Waals surface area contributed by atoms with Gasteiger partial charge < -0.3 is 10.3 Å². The fourth-order valence-corrected chi connectivity index (χ4v) is 3.31. The number of benzene rings is 1. The molecule has 3 nitrogen and oxygen atoms in total. The number of anilines is 1. The van der Waals surface area contributed by atoms with Gasteiger partial charge in [-0.3, -0.25) is 0 Å². The molecule has 0 aliphatic heterocycles. The third-order valence-electron chi connectivity index (χ3n) is 2.68. The Morgan fingerprint density at radius 3 is 2.89 bits per heavy atom. The molecule has 0 spiro atoms. The molecule has 0 saturated heterocycles. The molecule has 0 fully saturated rings. The van der Waals surface area contributed by atoms with Crippen molar-refractivity contribution >= 4 is 44.2 Å². The number of nitrogens with one attached hydrogen (secondary N) is 2. The fraction of sp³-hybridized carbons (Fsp3) is 0.154. The van der Waals surface area contributed by atoms with Crippen molar-refractivity contribution in [3.05, 3.63) is 45.1 Å². The number of para-hydroxylation sites is 2. The van der Waals surface area contributed by atoms with Crippen molar-refractivity contribution in [1.29, 1.82) is 0 Å². The van der Waals surface area contributed by atoms with Crippen LogP contribution >= 0.6 is 27.3 Å². The lowest BCUT2D eigenvalue weighted by Crippen LogP contribution is -2.04. The number of hydrogen-bond donors (Lipinski definition) is 2. The minimum Gasteiger partial charge on any atom is -0.355 e. The summed E-state index contributed by atoms with van der Waals surface area (Å²) in [7, 11) is 0. The maximum absolute atomic E-state index is 4.48. The van der Waals surface area contributed by atoms with E-state index in [1.807, 2.05) is 24.3 Å². The molecule has 0 amide bonds. The van der Waals surface area contributed by atoms with Crippen LogP contribution < -0.4 is 5.32 Å². The monoisotopic (exact) mass is 321 g/mol. The van der Waals surface area contributed by atoms with Gasteiger partial charge in [0, 0.05) is 11.4 Å². The molecule has 0 bridgehead atoms. The molecule has 0 atom stereocenters. The Labute approximate surface area is 117 Å². The average molecular weight is 322 g/mol. The highest BCUT2D eigenvalue weighted by Gasteiger charge is 2.01. The summed E-state index contributed by atoms with van der Waals surface area (Å²) >= 11 is 5.25.